The van der Waals surface area contributed by atoms with E-state index in [1.165, 1.54) is 11.8 Å². The minimum Gasteiger partial charge on any atom is -0.477 e. The second-order valence-corrected chi connectivity index (χ2v) is 10.9. The largest absolute Gasteiger partial charge is 0.477 e. The summed E-state index contributed by atoms with van der Waals surface area (Å²) >= 11 is 0. The minimum atomic E-state index is -1.60. The zero-order chi connectivity index (χ0) is 32.2. The monoisotopic (exact) mass is 621 g/mol. The highest BCUT2D eigenvalue weighted by Crippen LogP contribution is 2.30. The van der Waals surface area contributed by atoms with E-state index in [2.05, 4.69) is 4.98 Å². The van der Waals surface area contributed by atoms with Crippen molar-refractivity contribution in [3.05, 3.63) is 93.0 Å². The first-order valence-electron chi connectivity index (χ1n) is 14.0. The second kappa shape index (κ2) is 11.4. The van der Waals surface area contributed by atoms with Gasteiger partial charge in [-0.05, 0) is 61.2 Å². The molecule has 0 saturated carbocycles. The Kier molecular flexibility index (Phi) is 7.52. The summed E-state index contributed by atoms with van der Waals surface area (Å²) in [5.74, 6) is -4.83. The highest BCUT2D eigenvalue weighted by Gasteiger charge is 2.38. The number of hydrogen-bond acceptors (Lipinski definition) is 8. The molecule has 2 aromatic heterocycles. The van der Waals surface area contributed by atoms with E-state index in [1.807, 2.05) is 12.1 Å². The molecule has 232 valence electrons. The number of ether oxygens (including phenoxy) is 1. The van der Waals surface area contributed by atoms with Gasteiger partial charge in [-0.2, -0.15) is 0 Å². The maximum atomic E-state index is 15.6. The lowest BCUT2D eigenvalue weighted by Crippen LogP contribution is -2.43. The fourth-order valence-electron chi connectivity index (χ4n) is 5.68. The molecule has 1 amide bonds. The Morgan fingerprint density at radius 1 is 1.02 bits per heavy atom. The predicted molar refractivity (Wildman–Crippen MR) is 157 cm³/mol. The number of anilines is 2. The van der Waals surface area contributed by atoms with Crippen LogP contribution in [0.5, 0.6) is 0 Å². The van der Waals surface area contributed by atoms with E-state index in [9.17, 15) is 33.1 Å². The number of carbonyl (C=O) groups excluding carboxylic acids is 2. The second-order valence-electron chi connectivity index (χ2n) is 10.9. The fraction of sp³-hybridized carbons (Fsp3) is 0.258. The molecule has 2 atom stereocenters. The van der Waals surface area contributed by atoms with Gasteiger partial charge in [0.15, 0.2) is 17.3 Å². The number of benzene rings is 2. The molecule has 0 radical (unpaired) electrons. The Balaban J connectivity index is 1.34. The van der Waals surface area contributed by atoms with Gasteiger partial charge in [-0.1, -0.05) is 6.07 Å². The lowest BCUT2D eigenvalue weighted by molar-refractivity contribution is -0.120. The van der Waals surface area contributed by atoms with Crippen LogP contribution in [-0.2, 0) is 22.4 Å². The van der Waals surface area contributed by atoms with Crippen LogP contribution in [0.25, 0.3) is 16.7 Å². The summed E-state index contributed by atoms with van der Waals surface area (Å²) < 4.78 is 50.4. The van der Waals surface area contributed by atoms with Crippen molar-refractivity contribution in [1.29, 1.82) is 0 Å². The molecule has 14 heteroatoms. The SMILES string of the molecule is CC(=O)C(N)C1CN(c2ccc3c(c2)CCN(c2nc4c(cc2F)c(=O)c(C(=O)O)cn4-c2ccc(F)cc2F)CC3)C(=O)O1. The standard InChI is InChI=1S/C31H26F3N5O6/c1-15(40)26(35)25-14-38(31(44)45-25)19-4-2-16-6-8-37(9-7-17(16)10-19)29-23(34)12-20-27(41)21(30(42)43)13-39(28(20)36-29)24-5-3-18(32)11-22(24)33/h2-5,10-13,25-26H,6-9,14,35H2,1H3,(H,42,43). The van der Waals surface area contributed by atoms with Gasteiger partial charge in [-0.25, -0.2) is 27.7 Å². The normalized spacial score (nSPS) is 17.2. The van der Waals surface area contributed by atoms with Gasteiger partial charge in [-0.15, -0.1) is 0 Å². The van der Waals surface area contributed by atoms with E-state index in [1.54, 1.807) is 11.0 Å². The number of amides is 1. The van der Waals surface area contributed by atoms with E-state index in [-0.39, 0.29) is 41.4 Å². The van der Waals surface area contributed by atoms with Crippen molar-refractivity contribution >= 4 is 40.4 Å². The Morgan fingerprint density at radius 2 is 1.76 bits per heavy atom. The number of aromatic nitrogens is 2. The van der Waals surface area contributed by atoms with Crippen molar-refractivity contribution in [2.45, 2.75) is 31.9 Å². The zero-order valence-corrected chi connectivity index (χ0v) is 23.8. The summed E-state index contributed by atoms with van der Waals surface area (Å²) in [6, 6.07) is 8.00. The third-order valence-corrected chi connectivity index (χ3v) is 8.12. The van der Waals surface area contributed by atoms with Crippen molar-refractivity contribution in [2.24, 2.45) is 5.73 Å². The van der Waals surface area contributed by atoms with Crippen LogP contribution in [0.4, 0.5) is 29.5 Å². The lowest BCUT2D eigenvalue weighted by atomic mass is 10.0. The Hall–Kier alpha value is -5.24. The van der Waals surface area contributed by atoms with Gasteiger partial charge in [0.1, 0.15) is 35.1 Å². The van der Waals surface area contributed by atoms with Gasteiger partial charge >= 0.3 is 12.1 Å². The number of nitrogens with two attached hydrogens (primary N) is 1. The third kappa shape index (κ3) is 5.37. The molecule has 0 bridgehead atoms. The third-order valence-electron chi connectivity index (χ3n) is 8.12. The first-order valence-corrected chi connectivity index (χ1v) is 14.0. The lowest BCUT2D eigenvalue weighted by Gasteiger charge is -2.23. The fourth-order valence-corrected chi connectivity index (χ4v) is 5.68. The van der Waals surface area contributed by atoms with Crippen molar-refractivity contribution in [2.75, 3.05) is 29.4 Å². The summed E-state index contributed by atoms with van der Waals surface area (Å²) in [6.45, 7) is 2.02. The van der Waals surface area contributed by atoms with Gasteiger partial charge in [-0.3, -0.25) is 19.1 Å². The zero-order valence-electron chi connectivity index (χ0n) is 23.8. The number of carboxylic acid groups (broad SMARTS) is 1. The van der Waals surface area contributed by atoms with E-state index in [4.69, 9.17) is 10.5 Å². The molecule has 1 fully saturated rings. The first-order chi connectivity index (χ1) is 21.4. The molecule has 1 saturated heterocycles. The first kappa shape index (κ1) is 29.8. The average molecular weight is 622 g/mol. The molecule has 6 rings (SSSR count). The summed E-state index contributed by atoms with van der Waals surface area (Å²) in [7, 11) is 0. The van der Waals surface area contributed by atoms with Gasteiger partial charge in [0.05, 0.1) is 17.6 Å². The highest BCUT2D eigenvalue weighted by molar-refractivity contribution is 5.93. The van der Waals surface area contributed by atoms with Crippen LogP contribution < -0.4 is 21.0 Å². The Morgan fingerprint density at radius 3 is 2.44 bits per heavy atom. The number of aromatic carboxylic acids is 1. The number of carbonyl (C=O) groups is 3. The molecule has 4 heterocycles. The molecule has 11 nitrogen and oxygen atoms in total. The van der Waals surface area contributed by atoms with E-state index in [0.717, 1.165) is 40.1 Å². The number of cyclic esters (lactones) is 1. The maximum Gasteiger partial charge on any atom is 0.414 e. The summed E-state index contributed by atoms with van der Waals surface area (Å²) in [6.07, 6.45) is 0.366. The van der Waals surface area contributed by atoms with Crippen LogP contribution in [0.2, 0.25) is 0 Å². The smallest absolute Gasteiger partial charge is 0.414 e. The van der Waals surface area contributed by atoms with Gasteiger partial charge in [0, 0.05) is 31.0 Å². The van der Waals surface area contributed by atoms with Crippen LogP contribution in [0.1, 0.15) is 28.4 Å². The molecular weight excluding hydrogens is 595 g/mol. The van der Waals surface area contributed by atoms with Crippen molar-refractivity contribution < 1.29 is 37.4 Å². The van der Waals surface area contributed by atoms with Crippen LogP contribution in [0.3, 0.4) is 0 Å². The van der Waals surface area contributed by atoms with Gasteiger partial charge < -0.3 is 20.5 Å². The van der Waals surface area contributed by atoms with Crippen molar-refractivity contribution in [3.8, 4) is 5.69 Å². The molecule has 0 aliphatic carbocycles. The quantitative estimate of drug-likeness (QED) is 0.331. The number of halogens is 3. The van der Waals surface area contributed by atoms with Crippen LogP contribution in [-0.4, -0.2) is 64.3 Å². The van der Waals surface area contributed by atoms with Gasteiger partial charge in [0.25, 0.3) is 0 Å². The number of hydrogen-bond donors (Lipinski definition) is 2. The summed E-state index contributed by atoms with van der Waals surface area (Å²) in [4.78, 5) is 56.4. The number of nitrogens with zero attached hydrogens (tertiary/aromatic N) is 4. The molecule has 0 spiro atoms. The average Bonchev–Trinajstić information content (AvgIpc) is 3.26. The Labute approximate surface area is 253 Å². The van der Waals surface area contributed by atoms with Gasteiger partial charge in [0.2, 0.25) is 5.43 Å². The number of carboxylic acids is 1. The topological polar surface area (TPSA) is 148 Å². The number of pyridine rings is 2. The molecule has 45 heavy (non-hydrogen) atoms. The highest BCUT2D eigenvalue weighted by atomic mass is 19.1. The minimum absolute atomic E-state index is 0.108. The molecular formula is C31H26F3N5O6. The van der Waals surface area contributed by atoms with E-state index >= 15 is 4.39 Å². The van der Waals surface area contributed by atoms with E-state index in [0.29, 0.717) is 31.1 Å². The predicted octanol–water partition coefficient (Wildman–Crippen LogP) is 3.35. The molecule has 2 aliphatic rings. The number of fused-ring (bicyclic) bond motifs is 2. The molecule has 2 aromatic carbocycles. The molecule has 2 aliphatic heterocycles. The summed E-state index contributed by atoms with van der Waals surface area (Å²) in [5, 5.41) is 9.19. The van der Waals surface area contributed by atoms with Crippen molar-refractivity contribution in [1.82, 2.24) is 9.55 Å². The Bertz CT molecular complexity index is 1960. The number of rotatable bonds is 6. The number of ketones is 1. The molecule has 3 N–H and O–H groups in total. The maximum absolute atomic E-state index is 15.6. The van der Waals surface area contributed by atoms with Crippen LogP contribution in [0.15, 0.2) is 53.5 Å². The van der Waals surface area contributed by atoms with Crippen LogP contribution in [0, 0.1) is 17.5 Å². The number of Topliss-reactive ketones (excluding diaryl/α,β-unsaturated/α-hetero) is 1. The van der Waals surface area contributed by atoms with Crippen molar-refractivity contribution in [3.63, 3.8) is 0 Å². The molecule has 2 unspecified atom stereocenters. The van der Waals surface area contributed by atoms with E-state index < -0.39 is 52.7 Å². The molecule has 4 aromatic rings. The van der Waals surface area contributed by atoms with Crippen LogP contribution >= 0.6 is 0 Å². The summed E-state index contributed by atoms with van der Waals surface area (Å²) in [5.41, 5.74) is 6.05.